The van der Waals surface area contributed by atoms with Gasteiger partial charge in [-0.25, -0.2) is 0 Å². The van der Waals surface area contributed by atoms with Gasteiger partial charge in [-0.2, -0.15) is 0 Å². The van der Waals surface area contributed by atoms with Gasteiger partial charge in [0.15, 0.2) is 0 Å². The SMILES string of the molecule is CC(C)CCC(=O)N1CCN(C(=O)c2ccc(CN3C(=O)CCC3=O)cc2)CC1. The first-order chi connectivity index (χ1) is 13.8. The normalized spacial score (nSPS) is 17.4. The minimum absolute atomic E-state index is 0.0563. The van der Waals surface area contributed by atoms with E-state index in [1.165, 1.54) is 4.90 Å². The van der Waals surface area contributed by atoms with Crippen molar-refractivity contribution in [2.75, 3.05) is 26.2 Å². The summed E-state index contributed by atoms with van der Waals surface area (Å²) in [4.78, 5) is 53.4. The summed E-state index contributed by atoms with van der Waals surface area (Å²) in [7, 11) is 0. The standard InChI is InChI=1S/C22H29N3O4/c1-16(2)3-8-19(26)23-11-13-24(14-12-23)22(29)18-6-4-17(5-7-18)15-25-20(27)9-10-21(25)28/h4-7,16H,3,8-15H2,1-2H3. The summed E-state index contributed by atoms with van der Waals surface area (Å²) in [6.45, 7) is 6.67. The zero-order valence-electron chi connectivity index (χ0n) is 17.2. The van der Waals surface area contributed by atoms with Gasteiger partial charge in [-0.1, -0.05) is 26.0 Å². The Hall–Kier alpha value is -2.70. The molecule has 2 aliphatic heterocycles. The lowest BCUT2D eigenvalue weighted by atomic mass is 10.1. The lowest BCUT2D eigenvalue weighted by Gasteiger charge is -2.35. The molecule has 0 radical (unpaired) electrons. The van der Waals surface area contributed by atoms with Gasteiger partial charge in [-0.05, 0) is 30.0 Å². The van der Waals surface area contributed by atoms with E-state index in [4.69, 9.17) is 0 Å². The largest absolute Gasteiger partial charge is 0.339 e. The fraction of sp³-hybridized carbons (Fsp3) is 0.545. The fourth-order valence-corrected chi connectivity index (χ4v) is 3.65. The molecule has 2 fully saturated rings. The minimum Gasteiger partial charge on any atom is -0.339 e. The molecule has 4 amide bonds. The van der Waals surface area contributed by atoms with Crippen molar-refractivity contribution in [3.63, 3.8) is 0 Å². The average Bonchev–Trinajstić information content (AvgIpc) is 3.04. The van der Waals surface area contributed by atoms with Crippen LogP contribution in [0.4, 0.5) is 0 Å². The van der Waals surface area contributed by atoms with E-state index in [1.807, 2.05) is 4.90 Å². The molecule has 0 spiro atoms. The van der Waals surface area contributed by atoms with Crippen molar-refractivity contribution in [1.82, 2.24) is 14.7 Å². The van der Waals surface area contributed by atoms with Crippen molar-refractivity contribution in [1.29, 1.82) is 0 Å². The Labute approximate surface area is 171 Å². The molecular formula is C22H29N3O4. The minimum atomic E-state index is -0.143. The lowest BCUT2D eigenvalue weighted by Crippen LogP contribution is -2.50. The average molecular weight is 399 g/mol. The van der Waals surface area contributed by atoms with E-state index in [0.29, 0.717) is 44.1 Å². The maximum absolute atomic E-state index is 12.8. The number of piperazine rings is 1. The number of likely N-dealkylation sites (tertiary alicyclic amines) is 1. The third-order valence-electron chi connectivity index (χ3n) is 5.55. The number of hydrogen-bond acceptors (Lipinski definition) is 4. The summed E-state index contributed by atoms with van der Waals surface area (Å²) in [5.41, 5.74) is 1.40. The van der Waals surface area contributed by atoms with Crippen LogP contribution in [0, 0.1) is 5.92 Å². The molecule has 0 unspecified atom stereocenters. The predicted molar refractivity (Wildman–Crippen MR) is 108 cm³/mol. The first kappa shape index (κ1) is 21.0. The molecule has 7 heteroatoms. The molecule has 0 N–H and O–H groups in total. The number of benzene rings is 1. The Morgan fingerprint density at radius 2 is 1.45 bits per heavy atom. The molecular weight excluding hydrogens is 370 g/mol. The van der Waals surface area contributed by atoms with Gasteiger partial charge >= 0.3 is 0 Å². The van der Waals surface area contributed by atoms with Gasteiger partial charge in [0.25, 0.3) is 5.91 Å². The first-order valence-corrected chi connectivity index (χ1v) is 10.3. The number of imide groups is 1. The van der Waals surface area contributed by atoms with Crippen LogP contribution in [0.1, 0.15) is 55.5 Å². The summed E-state index contributed by atoms with van der Waals surface area (Å²) in [6.07, 6.45) is 2.01. The fourth-order valence-electron chi connectivity index (χ4n) is 3.65. The zero-order valence-corrected chi connectivity index (χ0v) is 17.2. The van der Waals surface area contributed by atoms with Crippen LogP contribution in [0.15, 0.2) is 24.3 Å². The zero-order chi connectivity index (χ0) is 21.0. The van der Waals surface area contributed by atoms with E-state index < -0.39 is 0 Å². The molecule has 1 aromatic carbocycles. The molecule has 7 nitrogen and oxygen atoms in total. The monoisotopic (exact) mass is 399 g/mol. The van der Waals surface area contributed by atoms with Gasteiger partial charge in [-0.15, -0.1) is 0 Å². The van der Waals surface area contributed by atoms with E-state index in [9.17, 15) is 19.2 Å². The first-order valence-electron chi connectivity index (χ1n) is 10.3. The van der Waals surface area contributed by atoms with Crippen molar-refractivity contribution in [2.24, 2.45) is 5.92 Å². The third kappa shape index (κ3) is 5.22. The second-order valence-electron chi connectivity index (χ2n) is 8.18. The van der Waals surface area contributed by atoms with Crippen LogP contribution < -0.4 is 0 Å². The molecule has 0 atom stereocenters. The summed E-state index contributed by atoms with van der Waals surface area (Å²) >= 11 is 0. The summed E-state index contributed by atoms with van der Waals surface area (Å²) in [6, 6.07) is 7.06. The molecule has 2 heterocycles. The van der Waals surface area contributed by atoms with E-state index in [2.05, 4.69) is 13.8 Å². The number of rotatable bonds is 6. The summed E-state index contributed by atoms with van der Waals surface area (Å²) in [5, 5.41) is 0. The molecule has 0 bridgehead atoms. The van der Waals surface area contributed by atoms with Crippen LogP contribution in [0.25, 0.3) is 0 Å². The van der Waals surface area contributed by atoms with Gasteiger partial charge in [0, 0.05) is 51.0 Å². The highest BCUT2D eigenvalue weighted by atomic mass is 16.2. The Bertz CT molecular complexity index is 764. The van der Waals surface area contributed by atoms with Crippen LogP contribution in [-0.4, -0.2) is 64.5 Å². The summed E-state index contributed by atoms with van der Waals surface area (Å²) in [5.74, 6) is 0.332. The smallest absolute Gasteiger partial charge is 0.253 e. The van der Waals surface area contributed by atoms with Crippen molar-refractivity contribution in [2.45, 2.75) is 46.1 Å². The quantitative estimate of drug-likeness (QED) is 0.686. The molecule has 3 rings (SSSR count). The highest BCUT2D eigenvalue weighted by Gasteiger charge is 2.29. The van der Waals surface area contributed by atoms with Gasteiger partial charge in [-0.3, -0.25) is 24.1 Å². The second kappa shape index (κ2) is 9.20. The molecule has 0 aliphatic carbocycles. The number of carbonyl (C=O) groups is 4. The Kier molecular flexibility index (Phi) is 6.67. The van der Waals surface area contributed by atoms with Crippen LogP contribution in [0.3, 0.4) is 0 Å². The van der Waals surface area contributed by atoms with Crippen molar-refractivity contribution in [3.8, 4) is 0 Å². The topological polar surface area (TPSA) is 78.0 Å². The van der Waals surface area contributed by atoms with E-state index in [0.717, 1.165) is 12.0 Å². The van der Waals surface area contributed by atoms with Crippen LogP contribution in [-0.2, 0) is 20.9 Å². The van der Waals surface area contributed by atoms with Crippen molar-refractivity contribution >= 4 is 23.6 Å². The van der Waals surface area contributed by atoms with Gasteiger partial charge in [0.1, 0.15) is 0 Å². The maximum Gasteiger partial charge on any atom is 0.253 e. The van der Waals surface area contributed by atoms with Crippen LogP contribution in [0.5, 0.6) is 0 Å². The van der Waals surface area contributed by atoms with E-state index in [-0.39, 0.29) is 43.0 Å². The lowest BCUT2D eigenvalue weighted by molar-refractivity contribution is -0.139. The summed E-state index contributed by atoms with van der Waals surface area (Å²) < 4.78 is 0. The Morgan fingerprint density at radius 3 is 2.00 bits per heavy atom. The molecule has 0 saturated carbocycles. The van der Waals surface area contributed by atoms with E-state index in [1.54, 1.807) is 29.2 Å². The molecule has 2 saturated heterocycles. The molecule has 1 aromatic rings. The second-order valence-corrected chi connectivity index (χ2v) is 8.18. The van der Waals surface area contributed by atoms with Crippen molar-refractivity contribution in [3.05, 3.63) is 35.4 Å². The predicted octanol–water partition coefficient (Wildman–Crippen LogP) is 2.06. The number of amides is 4. The molecule has 0 aromatic heterocycles. The van der Waals surface area contributed by atoms with Gasteiger partial charge in [0.05, 0.1) is 6.54 Å². The van der Waals surface area contributed by atoms with Gasteiger partial charge in [0.2, 0.25) is 17.7 Å². The number of hydrogen-bond donors (Lipinski definition) is 0. The number of nitrogens with zero attached hydrogens (tertiary/aromatic N) is 3. The maximum atomic E-state index is 12.8. The Morgan fingerprint density at radius 1 is 0.897 bits per heavy atom. The highest BCUT2D eigenvalue weighted by molar-refractivity contribution is 6.01. The third-order valence-corrected chi connectivity index (χ3v) is 5.55. The molecule has 2 aliphatic rings. The number of carbonyl (C=O) groups excluding carboxylic acids is 4. The van der Waals surface area contributed by atoms with Gasteiger partial charge < -0.3 is 9.80 Å². The van der Waals surface area contributed by atoms with E-state index >= 15 is 0 Å². The molecule has 156 valence electrons. The molecule has 29 heavy (non-hydrogen) atoms. The van der Waals surface area contributed by atoms with Crippen LogP contribution in [0.2, 0.25) is 0 Å². The highest BCUT2D eigenvalue weighted by Crippen LogP contribution is 2.17. The van der Waals surface area contributed by atoms with Crippen LogP contribution >= 0.6 is 0 Å². The Balaban J connectivity index is 1.51. The van der Waals surface area contributed by atoms with Crippen molar-refractivity contribution < 1.29 is 19.2 Å².